The predicted molar refractivity (Wildman–Crippen MR) is 114 cm³/mol. The van der Waals surface area contributed by atoms with Crippen LogP contribution in [0.5, 0.6) is 11.5 Å². The molecule has 0 bridgehead atoms. The first-order chi connectivity index (χ1) is 12.3. The third-order valence-corrected chi connectivity index (χ3v) is 5.19. The molecule has 2 aromatic carbocycles. The second-order valence-corrected chi connectivity index (χ2v) is 7.45. The van der Waals surface area contributed by atoms with Crippen LogP contribution < -0.4 is 14.8 Å². The maximum absolute atomic E-state index is 5.97. The third kappa shape index (κ3) is 5.74. The Balaban J connectivity index is 0.00000243. The summed E-state index contributed by atoms with van der Waals surface area (Å²) in [7, 11) is 1.67. The minimum atomic E-state index is 0. The quantitative estimate of drug-likeness (QED) is 0.466. The Hall–Kier alpha value is -1.53. The van der Waals surface area contributed by atoms with Gasteiger partial charge in [-0.25, -0.2) is 0 Å². The SMILES string of the molecule is COc1cc(CNCc2cccs2)cc(Br)c1OCc1ccccc1.Cl. The van der Waals surface area contributed by atoms with E-state index in [1.165, 1.54) is 4.88 Å². The van der Waals surface area contributed by atoms with E-state index < -0.39 is 0 Å². The Morgan fingerprint density at radius 3 is 2.50 bits per heavy atom. The average molecular weight is 455 g/mol. The van der Waals surface area contributed by atoms with Crippen molar-refractivity contribution in [2.45, 2.75) is 19.7 Å². The average Bonchev–Trinajstić information content (AvgIpc) is 3.15. The molecule has 0 unspecified atom stereocenters. The van der Waals surface area contributed by atoms with E-state index >= 15 is 0 Å². The lowest BCUT2D eigenvalue weighted by molar-refractivity contribution is 0.282. The van der Waals surface area contributed by atoms with Gasteiger partial charge in [0, 0.05) is 18.0 Å². The zero-order valence-corrected chi connectivity index (χ0v) is 17.6. The van der Waals surface area contributed by atoms with Crippen LogP contribution in [0.1, 0.15) is 16.0 Å². The Kier molecular flexibility index (Phi) is 8.45. The first-order valence-electron chi connectivity index (χ1n) is 8.02. The molecule has 0 atom stereocenters. The Bertz CT molecular complexity index is 797. The molecule has 0 saturated carbocycles. The van der Waals surface area contributed by atoms with Crippen molar-refractivity contribution in [3.05, 3.63) is 80.5 Å². The summed E-state index contributed by atoms with van der Waals surface area (Å²) in [6.45, 7) is 2.14. The summed E-state index contributed by atoms with van der Waals surface area (Å²) in [4.78, 5) is 1.33. The number of thiophene rings is 1. The smallest absolute Gasteiger partial charge is 0.175 e. The maximum Gasteiger partial charge on any atom is 0.175 e. The monoisotopic (exact) mass is 453 g/mol. The fourth-order valence-electron chi connectivity index (χ4n) is 2.49. The zero-order valence-electron chi connectivity index (χ0n) is 14.4. The van der Waals surface area contributed by atoms with Crippen LogP contribution in [0.4, 0.5) is 0 Å². The van der Waals surface area contributed by atoms with Crippen molar-refractivity contribution in [2.24, 2.45) is 0 Å². The predicted octanol–water partition coefficient (Wildman–Crippen LogP) is 5.81. The molecule has 1 N–H and O–H groups in total. The summed E-state index contributed by atoms with van der Waals surface area (Å²) < 4.78 is 12.4. The van der Waals surface area contributed by atoms with Gasteiger partial charge >= 0.3 is 0 Å². The molecular weight excluding hydrogens is 434 g/mol. The molecule has 0 radical (unpaired) electrons. The van der Waals surface area contributed by atoms with Gasteiger partial charge in [-0.1, -0.05) is 36.4 Å². The number of ether oxygens (including phenoxy) is 2. The van der Waals surface area contributed by atoms with Gasteiger partial charge in [0.05, 0.1) is 11.6 Å². The number of hydrogen-bond donors (Lipinski definition) is 1. The molecule has 1 aromatic heterocycles. The molecule has 0 aliphatic rings. The van der Waals surface area contributed by atoms with Crippen molar-refractivity contribution in [1.29, 1.82) is 0 Å². The molecule has 6 heteroatoms. The lowest BCUT2D eigenvalue weighted by Crippen LogP contribution is -2.12. The third-order valence-electron chi connectivity index (χ3n) is 3.72. The number of benzene rings is 2. The Labute approximate surface area is 172 Å². The van der Waals surface area contributed by atoms with Gasteiger partial charge in [-0.2, -0.15) is 0 Å². The highest BCUT2D eigenvalue weighted by Gasteiger charge is 2.12. The fraction of sp³-hybridized carbons (Fsp3) is 0.200. The van der Waals surface area contributed by atoms with Gasteiger partial charge in [-0.05, 0) is 50.6 Å². The summed E-state index contributed by atoms with van der Waals surface area (Å²) in [5.74, 6) is 1.46. The molecule has 0 fully saturated rings. The molecule has 3 aromatic rings. The van der Waals surface area contributed by atoms with Gasteiger partial charge in [0.25, 0.3) is 0 Å². The first-order valence-corrected chi connectivity index (χ1v) is 9.70. The molecule has 0 saturated heterocycles. The lowest BCUT2D eigenvalue weighted by Gasteiger charge is -2.15. The van der Waals surface area contributed by atoms with Gasteiger partial charge < -0.3 is 14.8 Å². The molecule has 26 heavy (non-hydrogen) atoms. The van der Waals surface area contributed by atoms with Gasteiger partial charge in [-0.3, -0.25) is 0 Å². The standard InChI is InChI=1S/C20H20BrNO2S.ClH/c1-23-19-11-16(12-22-13-17-8-5-9-25-17)10-18(21)20(19)24-14-15-6-3-2-4-7-15;/h2-11,22H,12-14H2,1H3;1H. The lowest BCUT2D eigenvalue weighted by atomic mass is 10.2. The van der Waals surface area contributed by atoms with E-state index in [2.05, 4.69) is 44.8 Å². The van der Waals surface area contributed by atoms with Crippen molar-refractivity contribution in [3.63, 3.8) is 0 Å². The minimum absolute atomic E-state index is 0. The van der Waals surface area contributed by atoms with E-state index in [0.717, 1.165) is 40.2 Å². The minimum Gasteiger partial charge on any atom is -0.493 e. The number of rotatable bonds is 8. The largest absolute Gasteiger partial charge is 0.493 e. The van der Waals surface area contributed by atoms with Crippen molar-refractivity contribution < 1.29 is 9.47 Å². The maximum atomic E-state index is 5.97. The van der Waals surface area contributed by atoms with Crippen LogP contribution >= 0.6 is 39.7 Å². The summed E-state index contributed by atoms with van der Waals surface area (Å²) in [5.41, 5.74) is 2.27. The van der Waals surface area contributed by atoms with Crippen LogP contribution in [0.3, 0.4) is 0 Å². The van der Waals surface area contributed by atoms with Gasteiger partial charge in [0.15, 0.2) is 11.5 Å². The number of halogens is 2. The second-order valence-electron chi connectivity index (χ2n) is 5.57. The molecule has 138 valence electrons. The molecule has 3 nitrogen and oxygen atoms in total. The highest BCUT2D eigenvalue weighted by Crippen LogP contribution is 2.37. The molecule has 1 heterocycles. The first kappa shape index (κ1) is 20.8. The van der Waals surface area contributed by atoms with Gasteiger partial charge in [-0.15, -0.1) is 23.7 Å². The van der Waals surface area contributed by atoms with Crippen molar-refractivity contribution in [3.8, 4) is 11.5 Å². The van der Waals surface area contributed by atoms with E-state index in [1.807, 2.05) is 36.4 Å². The molecule has 0 aliphatic heterocycles. The summed E-state index contributed by atoms with van der Waals surface area (Å²) in [6.07, 6.45) is 0. The van der Waals surface area contributed by atoms with Crippen molar-refractivity contribution >= 4 is 39.7 Å². The summed E-state index contributed by atoms with van der Waals surface area (Å²) in [6, 6.07) is 18.4. The van der Waals surface area contributed by atoms with Crippen LogP contribution in [0.2, 0.25) is 0 Å². The molecule has 3 rings (SSSR count). The number of nitrogens with one attached hydrogen (secondary N) is 1. The highest BCUT2D eigenvalue weighted by molar-refractivity contribution is 9.10. The van der Waals surface area contributed by atoms with Crippen molar-refractivity contribution in [2.75, 3.05) is 7.11 Å². The highest BCUT2D eigenvalue weighted by atomic mass is 79.9. The fourth-order valence-corrected chi connectivity index (χ4v) is 3.77. The van der Waals surface area contributed by atoms with E-state index in [4.69, 9.17) is 9.47 Å². The Morgan fingerprint density at radius 2 is 1.81 bits per heavy atom. The second kappa shape index (κ2) is 10.6. The van der Waals surface area contributed by atoms with Crippen LogP contribution in [0, 0.1) is 0 Å². The molecule has 0 spiro atoms. The van der Waals surface area contributed by atoms with Crippen LogP contribution in [-0.2, 0) is 19.7 Å². The topological polar surface area (TPSA) is 30.5 Å². The van der Waals surface area contributed by atoms with Crippen LogP contribution in [-0.4, -0.2) is 7.11 Å². The van der Waals surface area contributed by atoms with Gasteiger partial charge in [0.1, 0.15) is 6.61 Å². The summed E-state index contributed by atoms with van der Waals surface area (Å²) >= 11 is 5.37. The zero-order chi connectivity index (χ0) is 17.5. The summed E-state index contributed by atoms with van der Waals surface area (Å²) in [5, 5.41) is 5.55. The molecule has 0 aliphatic carbocycles. The molecule has 0 amide bonds. The van der Waals surface area contributed by atoms with E-state index in [0.29, 0.717) is 6.61 Å². The van der Waals surface area contributed by atoms with Crippen molar-refractivity contribution in [1.82, 2.24) is 5.32 Å². The number of hydrogen-bond acceptors (Lipinski definition) is 4. The molecular formula is C20H21BrClNO2S. The van der Waals surface area contributed by atoms with E-state index in [-0.39, 0.29) is 12.4 Å². The van der Waals surface area contributed by atoms with Crippen LogP contribution in [0.15, 0.2) is 64.5 Å². The number of methoxy groups -OCH3 is 1. The van der Waals surface area contributed by atoms with E-state index in [1.54, 1.807) is 18.4 Å². The van der Waals surface area contributed by atoms with Crippen LogP contribution in [0.25, 0.3) is 0 Å². The normalized spacial score (nSPS) is 10.2. The van der Waals surface area contributed by atoms with Gasteiger partial charge in [0.2, 0.25) is 0 Å². The van der Waals surface area contributed by atoms with E-state index in [9.17, 15) is 0 Å². The Morgan fingerprint density at radius 1 is 1.00 bits per heavy atom.